The topological polar surface area (TPSA) is 15.3 Å². The largest absolute Gasteiger partial charge is 0.255 e. The van der Waals surface area contributed by atoms with Crippen LogP contribution in [0.4, 0.5) is 0 Å². The molecule has 1 saturated carbocycles. The van der Waals surface area contributed by atoms with Crippen LogP contribution in [0.3, 0.4) is 0 Å². The van der Waals surface area contributed by atoms with Gasteiger partial charge in [0.2, 0.25) is 0 Å². The molecule has 1 aliphatic heterocycles. The molecule has 0 atom stereocenters. The molecule has 2 aliphatic rings. The maximum atomic E-state index is 3.46. The van der Waals surface area contributed by atoms with E-state index in [4.69, 9.17) is 0 Å². The summed E-state index contributed by atoms with van der Waals surface area (Å²) in [6.07, 6.45) is 3.01. The predicted octanol–water partition coefficient (Wildman–Crippen LogP) is 1.49. The molecule has 1 aliphatic carbocycles. The summed E-state index contributed by atoms with van der Waals surface area (Å²) in [5.41, 5.74) is 3.46. The van der Waals surface area contributed by atoms with Crippen molar-refractivity contribution in [2.24, 2.45) is 17.8 Å². The second-order valence-corrected chi connectivity index (χ2v) is 4.76. The van der Waals surface area contributed by atoms with Gasteiger partial charge in [0.05, 0.1) is 0 Å². The summed E-state index contributed by atoms with van der Waals surface area (Å²) >= 11 is 0. The highest BCUT2D eigenvalue weighted by Crippen LogP contribution is 2.40. The van der Waals surface area contributed by atoms with Crippen molar-refractivity contribution in [3.63, 3.8) is 0 Å². The van der Waals surface area contributed by atoms with E-state index in [9.17, 15) is 0 Å². The Labute approximate surface area is 75.3 Å². The van der Waals surface area contributed by atoms with E-state index in [1.807, 2.05) is 0 Å². The van der Waals surface area contributed by atoms with E-state index in [1.54, 1.807) is 0 Å². The average Bonchev–Trinajstić information content (AvgIpc) is 2.66. The summed E-state index contributed by atoms with van der Waals surface area (Å²) in [7, 11) is 0. The molecular formula is C10H20N2. The van der Waals surface area contributed by atoms with Gasteiger partial charge in [0.1, 0.15) is 0 Å². The van der Waals surface area contributed by atoms with Crippen molar-refractivity contribution in [2.45, 2.75) is 26.7 Å². The minimum absolute atomic E-state index is 0.768. The van der Waals surface area contributed by atoms with E-state index in [1.165, 1.54) is 25.9 Å². The second-order valence-electron chi connectivity index (χ2n) is 4.76. The molecule has 0 amide bonds. The minimum Gasteiger partial charge on any atom is -0.255 e. The number of hydrogen-bond donors (Lipinski definition) is 1. The zero-order valence-corrected chi connectivity index (χ0v) is 8.21. The third kappa shape index (κ3) is 1.99. The lowest BCUT2D eigenvalue weighted by atomic mass is 9.97. The Morgan fingerprint density at radius 3 is 2.42 bits per heavy atom. The maximum absolute atomic E-state index is 3.46. The Bertz CT molecular complexity index is 143. The quantitative estimate of drug-likeness (QED) is 0.684. The van der Waals surface area contributed by atoms with Crippen molar-refractivity contribution >= 4 is 0 Å². The highest BCUT2D eigenvalue weighted by Gasteiger charge is 2.38. The molecule has 0 aromatic rings. The summed E-state index contributed by atoms with van der Waals surface area (Å²) in [6, 6.07) is 0. The van der Waals surface area contributed by atoms with Crippen LogP contribution in [-0.4, -0.2) is 24.6 Å². The third-order valence-electron chi connectivity index (χ3n) is 2.92. The monoisotopic (exact) mass is 168 g/mol. The van der Waals surface area contributed by atoms with Crippen molar-refractivity contribution in [2.75, 3.05) is 19.6 Å². The number of nitrogens with zero attached hydrogens (tertiary/aromatic N) is 1. The van der Waals surface area contributed by atoms with Crippen LogP contribution in [0.1, 0.15) is 26.7 Å². The van der Waals surface area contributed by atoms with Gasteiger partial charge in [-0.05, 0) is 30.6 Å². The number of rotatable bonds is 4. The molecule has 0 unspecified atom stereocenters. The van der Waals surface area contributed by atoms with Crippen molar-refractivity contribution < 1.29 is 0 Å². The van der Waals surface area contributed by atoms with Crippen molar-refractivity contribution in [1.82, 2.24) is 10.4 Å². The molecule has 2 fully saturated rings. The molecule has 0 aromatic carbocycles. The lowest BCUT2D eigenvalue weighted by molar-refractivity contribution is 0.0288. The lowest BCUT2D eigenvalue weighted by Crippen LogP contribution is -2.55. The van der Waals surface area contributed by atoms with Crippen LogP contribution in [-0.2, 0) is 0 Å². The number of nitrogens with one attached hydrogen (secondary N) is 1. The SMILES string of the molecule is CC(C)CNN1CC(C2CC2)C1. The molecule has 1 heterocycles. The van der Waals surface area contributed by atoms with Crippen molar-refractivity contribution in [3.8, 4) is 0 Å². The first-order valence-electron chi connectivity index (χ1n) is 5.24. The fourth-order valence-corrected chi connectivity index (χ4v) is 1.82. The van der Waals surface area contributed by atoms with Gasteiger partial charge in [0.15, 0.2) is 0 Å². The van der Waals surface area contributed by atoms with E-state index < -0.39 is 0 Å². The van der Waals surface area contributed by atoms with E-state index in [2.05, 4.69) is 24.3 Å². The zero-order valence-electron chi connectivity index (χ0n) is 8.21. The van der Waals surface area contributed by atoms with Crippen LogP contribution in [0.15, 0.2) is 0 Å². The van der Waals surface area contributed by atoms with Gasteiger partial charge < -0.3 is 0 Å². The van der Waals surface area contributed by atoms with Gasteiger partial charge in [-0.25, -0.2) is 5.01 Å². The highest BCUT2D eigenvalue weighted by molar-refractivity contribution is 4.90. The maximum Gasteiger partial charge on any atom is 0.0174 e. The van der Waals surface area contributed by atoms with Gasteiger partial charge in [0, 0.05) is 19.6 Å². The molecular weight excluding hydrogens is 148 g/mol. The van der Waals surface area contributed by atoms with Crippen LogP contribution in [0, 0.1) is 17.8 Å². The first-order valence-corrected chi connectivity index (χ1v) is 5.24. The fourth-order valence-electron chi connectivity index (χ4n) is 1.82. The average molecular weight is 168 g/mol. The molecule has 12 heavy (non-hydrogen) atoms. The molecule has 0 radical (unpaired) electrons. The van der Waals surface area contributed by atoms with Crippen molar-refractivity contribution in [1.29, 1.82) is 0 Å². The summed E-state index contributed by atoms with van der Waals surface area (Å²) in [4.78, 5) is 0. The first kappa shape index (κ1) is 8.52. The van der Waals surface area contributed by atoms with Gasteiger partial charge in [-0.1, -0.05) is 13.8 Å². The smallest absolute Gasteiger partial charge is 0.0174 e. The lowest BCUT2D eigenvalue weighted by Gasteiger charge is -2.40. The van der Waals surface area contributed by atoms with E-state index in [0.29, 0.717) is 0 Å². The minimum atomic E-state index is 0.768. The van der Waals surface area contributed by atoms with Crippen LogP contribution in [0.5, 0.6) is 0 Å². The summed E-state index contributed by atoms with van der Waals surface area (Å²) < 4.78 is 0. The molecule has 1 saturated heterocycles. The van der Waals surface area contributed by atoms with Gasteiger partial charge in [-0.3, -0.25) is 5.43 Å². The van der Waals surface area contributed by atoms with Gasteiger partial charge in [-0.15, -0.1) is 0 Å². The summed E-state index contributed by atoms with van der Waals surface area (Å²) in [6.45, 7) is 8.25. The van der Waals surface area contributed by atoms with Crippen LogP contribution >= 0.6 is 0 Å². The molecule has 2 heteroatoms. The fraction of sp³-hybridized carbons (Fsp3) is 1.00. The standard InChI is InChI=1S/C10H20N2/c1-8(2)5-11-12-6-10(7-12)9-3-4-9/h8-11H,3-7H2,1-2H3. The Morgan fingerprint density at radius 1 is 1.25 bits per heavy atom. The Kier molecular flexibility index (Phi) is 2.37. The zero-order chi connectivity index (χ0) is 8.55. The summed E-state index contributed by atoms with van der Waals surface area (Å²) in [5.74, 6) is 2.90. The van der Waals surface area contributed by atoms with Gasteiger partial charge in [0.25, 0.3) is 0 Å². The van der Waals surface area contributed by atoms with Gasteiger partial charge in [-0.2, -0.15) is 0 Å². The third-order valence-corrected chi connectivity index (χ3v) is 2.92. The normalized spacial score (nSPS) is 26.2. The molecule has 2 nitrogen and oxygen atoms in total. The molecule has 0 aromatic heterocycles. The summed E-state index contributed by atoms with van der Waals surface area (Å²) in [5, 5.41) is 2.38. The highest BCUT2D eigenvalue weighted by atomic mass is 15.5. The first-order chi connectivity index (χ1) is 5.75. The molecule has 1 N–H and O–H groups in total. The van der Waals surface area contributed by atoms with Gasteiger partial charge >= 0.3 is 0 Å². The Balaban J connectivity index is 1.55. The number of hydrogen-bond acceptors (Lipinski definition) is 2. The Morgan fingerprint density at radius 2 is 1.92 bits per heavy atom. The van der Waals surface area contributed by atoms with Crippen LogP contribution in [0.25, 0.3) is 0 Å². The van der Waals surface area contributed by atoms with Crippen LogP contribution < -0.4 is 5.43 Å². The molecule has 0 bridgehead atoms. The van der Waals surface area contributed by atoms with E-state index in [-0.39, 0.29) is 0 Å². The van der Waals surface area contributed by atoms with Crippen LogP contribution in [0.2, 0.25) is 0 Å². The molecule has 70 valence electrons. The predicted molar refractivity (Wildman–Crippen MR) is 50.6 cm³/mol. The van der Waals surface area contributed by atoms with Crippen molar-refractivity contribution in [3.05, 3.63) is 0 Å². The Hall–Kier alpha value is -0.0800. The molecule has 0 spiro atoms. The van der Waals surface area contributed by atoms with E-state index >= 15 is 0 Å². The molecule has 2 rings (SSSR count). The number of hydrazine groups is 1. The second kappa shape index (κ2) is 3.35. The van der Waals surface area contributed by atoms with E-state index in [0.717, 1.165) is 24.3 Å².